The Morgan fingerprint density at radius 3 is 2.77 bits per heavy atom. The fraction of sp³-hybridized carbons (Fsp3) is 0.545. The Morgan fingerprint density at radius 2 is 2.00 bits per heavy atom. The van der Waals surface area contributed by atoms with E-state index < -0.39 is 0 Å². The Bertz CT molecular complexity index is 753. The molecule has 0 amide bonds. The lowest BCUT2D eigenvalue weighted by molar-refractivity contribution is 0.205. The summed E-state index contributed by atoms with van der Waals surface area (Å²) in [5.74, 6) is 3.66. The largest absolute Gasteiger partial charge is 0.494 e. The third kappa shape index (κ3) is 4.81. The molecule has 140 valence electrons. The van der Waals surface area contributed by atoms with Crippen molar-refractivity contribution in [2.45, 2.75) is 32.2 Å². The van der Waals surface area contributed by atoms with E-state index in [0.717, 1.165) is 31.9 Å². The number of likely N-dealkylation sites (tertiary alicyclic amines) is 1. The van der Waals surface area contributed by atoms with Crippen molar-refractivity contribution in [1.82, 2.24) is 14.4 Å². The van der Waals surface area contributed by atoms with Gasteiger partial charge in [-0.2, -0.15) is 0 Å². The fourth-order valence-electron chi connectivity index (χ4n) is 3.78. The van der Waals surface area contributed by atoms with Crippen LogP contribution in [0.3, 0.4) is 0 Å². The number of aromatic nitrogens is 1. The zero-order valence-corrected chi connectivity index (χ0v) is 16.2. The molecule has 0 saturated carbocycles. The van der Waals surface area contributed by atoms with Crippen LogP contribution in [0.2, 0.25) is 0 Å². The van der Waals surface area contributed by atoms with Gasteiger partial charge in [0.25, 0.3) is 0 Å². The van der Waals surface area contributed by atoms with Crippen LogP contribution in [0.15, 0.2) is 24.3 Å². The Morgan fingerprint density at radius 1 is 1.19 bits per heavy atom. The van der Waals surface area contributed by atoms with Crippen molar-refractivity contribution < 1.29 is 4.74 Å². The molecule has 1 saturated heterocycles. The quantitative estimate of drug-likeness (QED) is 0.535. The van der Waals surface area contributed by atoms with Crippen molar-refractivity contribution in [1.29, 1.82) is 0 Å². The summed E-state index contributed by atoms with van der Waals surface area (Å²) in [4.78, 5) is 4.71. The topological polar surface area (TPSA) is 20.6 Å². The lowest BCUT2D eigenvalue weighted by atomic mass is 10.1. The molecule has 0 unspecified atom stereocenters. The molecule has 0 N–H and O–H groups in total. The van der Waals surface area contributed by atoms with Gasteiger partial charge in [-0.25, -0.2) is 0 Å². The van der Waals surface area contributed by atoms with Crippen molar-refractivity contribution in [3.63, 3.8) is 0 Å². The molecule has 26 heavy (non-hydrogen) atoms. The lowest BCUT2D eigenvalue weighted by Gasteiger charge is -2.26. The molecule has 1 aromatic heterocycles. The van der Waals surface area contributed by atoms with Crippen LogP contribution in [0.1, 0.15) is 31.4 Å². The van der Waals surface area contributed by atoms with Gasteiger partial charge in [0.05, 0.1) is 13.2 Å². The molecule has 1 aliphatic rings. The number of rotatable bonds is 8. The van der Waals surface area contributed by atoms with E-state index in [-0.39, 0.29) is 0 Å². The minimum atomic E-state index is 0.660. The van der Waals surface area contributed by atoms with Gasteiger partial charge in [-0.05, 0) is 63.7 Å². The van der Waals surface area contributed by atoms with Gasteiger partial charge >= 0.3 is 0 Å². The van der Waals surface area contributed by atoms with Crippen molar-refractivity contribution in [2.24, 2.45) is 7.05 Å². The van der Waals surface area contributed by atoms with E-state index >= 15 is 0 Å². The summed E-state index contributed by atoms with van der Waals surface area (Å²) in [6, 6.07) is 8.63. The van der Waals surface area contributed by atoms with E-state index in [1.165, 1.54) is 48.9 Å². The number of aryl methyl sites for hydroxylation is 1. The SMILES string of the molecule is C#CCN(C)Cc1cc2cc(OCCCN3CCCCC3)ccc2n1C. The molecule has 0 bridgehead atoms. The summed E-state index contributed by atoms with van der Waals surface area (Å²) >= 11 is 0. The van der Waals surface area contributed by atoms with Gasteiger partial charge in [-0.1, -0.05) is 12.3 Å². The van der Waals surface area contributed by atoms with Crippen LogP contribution in [0.25, 0.3) is 10.9 Å². The van der Waals surface area contributed by atoms with Gasteiger partial charge in [-0.3, -0.25) is 4.90 Å². The maximum absolute atomic E-state index is 6.00. The van der Waals surface area contributed by atoms with E-state index in [4.69, 9.17) is 11.2 Å². The van der Waals surface area contributed by atoms with Crippen LogP contribution in [-0.4, -0.2) is 54.2 Å². The van der Waals surface area contributed by atoms with E-state index in [0.29, 0.717) is 6.54 Å². The first-order valence-electron chi connectivity index (χ1n) is 9.73. The van der Waals surface area contributed by atoms with E-state index in [1.807, 2.05) is 0 Å². The highest BCUT2D eigenvalue weighted by Gasteiger charge is 2.10. The van der Waals surface area contributed by atoms with E-state index in [1.54, 1.807) is 0 Å². The molecule has 2 heterocycles. The average Bonchev–Trinajstić information content (AvgIpc) is 2.95. The molecular formula is C22H31N3O. The van der Waals surface area contributed by atoms with Crippen molar-refractivity contribution in [2.75, 3.05) is 39.8 Å². The number of fused-ring (bicyclic) bond motifs is 1. The minimum Gasteiger partial charge on any atom is -0.494 e. The molecule has 0 aliphatic carbocycles. The van der Waals surface area contributed by atoms with Crippen LogP contribution in [0.5, 0.6) is 5.75 Å². The van der Waals surface area contributed by atoms with Gasteiger partial charge in [0.2, 0.25) is 0 Å². The summed E-state index contributed by atoms with van der Waals surface area (Å²) in [5.41, 5.74) is 2.50. The van der Waals surface area contributed by atoms with Gasteiger partial charge in [0, 0.05) is 36.7 Å². The number of nitrogens with zero attached hydrogens (tertiary/aromatic N) is 3. The zero-order chi connectivity index (χ0) is 18.4. The first-order valence-corrected chi connectivity index (χ1v) is 9.73. The third-order valence-corrected chi connectivity index (χ3v) is 5.24. The predicted octanol–water partition coefficient (Wildman–Crippen LogP) is 3.50. The summed E-state index contributed by atoms with van der Waals surface area (Å²) in [6.07, 6.45) is 10.6. The van der Waals surface area contributed by atoms with Crippen molar-refractivity contribution in [3.8, 4) is 18.1 Å². The predicted molar refractivity (Wildman–Crippen MR) is 108 cm³/mol. The minimum absolute atomic E-state index is 0.660. The Labute approximate surface area is 157 Å². The zero-order valence-electron chi connectivity index (χ0n) is 16.2. The summed E-state index contributed by atoms with van der Waals surface area (Å²) < 4.78 is 8.24. The monoisotopic (exact) mass is 353 g/mol. The molecule has 4 nitrogen and oxygen atoms in total. The molecule has 1 aliphatic heterocycles. The second-order valence-corrected chi connectivity index (χ2v) is 7.40. The molecule has 4 heteroatoms. The highest BCUT2D eigenvalue weighted by atomic mass is 16.5. The van der Waals surface area contributed by atoms with Gasteiger partial charge in [0.1, 0.15) is 5.75 Å². The number of terminal acetylenes is 1. The van der Waals surface area contributed by atoms with E-state index in [2.05, 4.69) is 58.6 Å². The van der Waals surface area contributed by atoms with Crippen molar-refractivity contribution in [3.05, 3.63) is 30.0 Å². The molecule has 0 radical (unpaired) electrons. The van der Waals surface area contributed by atoms with Crippen LogP contribution in [0, 0.1) is 12.3 Å². The molecule has 0 spiro atoms. The smallest absolute Gasteiger partial charge is 0.120 e. The summed E-state index contributed by atoms with van der Waals surface area (Å²) in [7, 11) is 4.16. The van der Waals surface area contributed by atoms with Crippen molar-refractivity contribution >= 4 is 10.9 Å². The molecule has 3 rings (SSSR count). The normalized spacial score (nSPS) is 15.5. The van der Waals surface area contributed by atoms with Crippen LogP contribution >= 0.6 is 0 Å². The summed E-state index contributed by atoms with van der Waals surface area (Å²) in [5, 5.41) is 1.23. The maximum Gasteiger partial charge on any atom is 0.120 e. The van der Waals surface area contributed by atoms with Gasteiger partial charge in [0.15, 0.2) is 0 Å². The third-order valence-electron chi connectivity index (χ3n) is 5.24. The highest BCUT2D eigenvalue weighted by Crippen LogP contribution is 2.24. The Hall–Kier alpha value is -1.96. The van der Waals surface area contributed by atoms with Gasteiger partial charge < -0.3 is 14.2 Å². The highest BCUT2D eigenvalue weighted by molar-refractivity contribution is 5.82. The van der Waals surface area contributed by atoms with Gasteiger partial charge in [-0.15, -0.1) is 6.42 Å². The lowest BCUT2D eigenvalue weighted by Crippen LogP contribution is -2.31. The standard InChI is InChI=1S/C22H31N3O/c1-4-11-23(2)18-20-16-19-17-21(9-10-22(19)24(20)3)26-15-8-14-25-12-6-5-7-13-25/h1,9-10,16-17H,5-8,11-15,18H2,2-3H3. The molecular weight excluding hydrogens is 322 g/mol. The number of hydrogen-bond acceptors (Lipinski definition) is 3. The second-order valence-electron chi connectivity index (χ2n) is 7.40. The first kappa shape index (κ1) is 18.8. The number of ether oxygens (including phenoxy) is 1. The average molecular weight is 354 g/mol. The molecule has 2 aromatic rings. The van der Waals surface area contributed by atoms with Crippen LogP contribution in [0.4, 0.5) is 0 Å². The molecule has 1 aromatic carbocycles. The summed E-state index contributed by atoms with van der Waals surface area (Å²) in [6.45, 7) is 5.96. The fourth-order valence-corrected chi connectivity index (χ4v) is 3.78. The number of piperidine rings is 1. The Kier molecular flexibility index (Phi) is 6.60. The van der Waals surface area contributed by atoms with E-state index in [9.17, 15) is 0 Å². The molecule has 0 atom stereocenters. The number of hydrogen-bond donors (Lipinski definition) is 0. The second kappa shape index (κ2) is 9.12. The maximum atomic E-state index is 6.00. The first-order chi connectivity index (χ1) is 12.7. The van der Waals surface area contributed by atoms with Crippen LogP contribution in [-0.2, 0) is 13.6 Å². The number of benzene rings is 1. The van der Waals surface area contributed by atoms with Crippen LogP contribution < -0.4 is 4.74 Å². The molecule has 1 fully saturated rings. The Balaban J connectivity index is 1.55.